The van der Waals surface area contributed by atoms with Gasteiger partial charge in [-0.05, 0) is 54.7 Å². The number of benzene rings is 2. The van der Waals surface area contributed by atoms with Crippen LogP contribution in [0.5, 0.6) is 5.75 Å². The van der Waals surface area contributed by atoms with Crippen LogP contribution in [0.4, 0.5) is 13.2 Å². The van der Waals surface area contributed by atoms with Crippen molar-refractivity contribution in [3.63, 3.8) is 0 Å². The van der Waals surface area contributed by atoms with Gasteiger partial charge in [-0.25, -0.2) is 0 Å². The van der Waals surface area contributed by atoms with Crippen LogP contribution in [0.25, 0.3) is 0 Å². The number of halogens is 3. The highest BCUT2D eigenvalue weighted by molar-refractivity contribution is 6.06. The van der Waals surface area contributed by atoms with Gasteiger partial charge in [0.05, 0.1) is 13.2 Å². The third-order valence-electron chi connectivity index (χ3n) is 4.84. The van der Waals surface area contributed by atoms with Crippen LogP contribution in [0, 0.1) is 5.41 Å². The van der Waals surface area contributed by atoms with Gasteiger partial charge in [-0.2, -0.15) is 13.2 Å². The Morgan fingerprint density at radius 1 is 1.04 bits per heavy atom. The predicted octanol–water partition coefficient (Wildman–Crippen LogP) is 6.20. The SMILES string of the molecule is CC1(C(=NCc2ccccc2)c2ccc(OCCCC(F)(F)F)cc2)CC1. The number of hydrogen-bond donors (Lipinski definition) is 0. The number of nitrogens with zero attached hydrogens (tertiary/aromatic N) is 1. The Bertz CT molecular complexity index is 762. The van der Waals surface area contributed by atoms with Gasteiger partial charge in [0.25, 0.3) is 0 Å². The minimum absolute atomic E-state index is 0.0346. The van der Waals surface area contributed by atoms with Gasteiger partial charge in [-0.15, -0.1) is 0 Å². The van der Waals surface area contributed by atoms with Gasteiger partial charge in [-0.3, -0.25) is 4.99 Å². The minimum atomic E-state index is -4.13. The molecule has 2 aromatic rings. The summed E-state index contributed by atoms with van der Waals surface area (Å²) in [5, 5.41) is 0. The molecule has 1 aliphatic rings. The predicted molar refractivity (Wildman–Crippen MR) is 101 cm³/mol. The maximum atomic E-state index is 12.2. The molecule has 1 aliphatic carbocycles. The fourth-order valence-corrected chi connectivity index (χ4v) is 2.98. The second kappa shape index (κ2) is 8.15. The molecule has 3 rings (SSSR count). The molecule has 1 fully saturated rings. The van der Waals surface area contributed by atoms with Crippen molar-refractivity contribution in [2.24, 2.45) is 10.4 Å². The molecule has 27 heavy (non-hydrogen) atoms. The maximum Gasteiger partial charge on any atom is 0.389 e. The molecule has 0 heterocycles. The molecule has 144 valence electrons. The average molecular weight is 375 g/mol. The smallest absolute Gasteiger partial charge is 0.389 e. The lowest BCUT2D eigenvalue weighted by molar-refractivity contribution is -0.136. The van der Waals surface area contributed by atoms with E-state index in [1.54, 1.807) is 0 Å². The molecule has 0 amide bonds. The van der Waals surface area contributed by atoms with E-state index in [2.05, 4.69) is 19.1 Å². The molecule has 0 bridgehead atoms. The second-order valence-electron chi connectivity index (χ2n) is 7.30. The third-order valence-corrected chi connectivity index (χ3v) is 4.84. The zero-order valence-corrected chi connectivity index (χ0v) is 15.4. The first-order valence-electron chi connectivity index (χ1n) is 9.25. The first kappa shape index (κ1) is 19.5. The largest absolute Gasteiger partial charge is 0.494 e. The highest BCUT2D eigenvalue weighted by Gasteiger charge is 2.42. The second-order valence-corrected chi connectivity index (χ2v) is 7.30. The topological polar surface area (TPSA) is 21.6 Å². The van der Waals surface area contributed by atoms with Crippen molar-refractivity contribution in [3.8, 4) is 5.75 Å². The van der Waals surface area contributed by atoms with Crippen LogP contribution >= 0.6 is 0 Å². The summed E-state index contributed by atoms with van der Waals surface area (Å²) in [6.07, 6.45) is -2.74. The molecule has 0 radical (unpaired) electrons. The summed E-state index contributed by atoms with van der Waals surface area (Å²) >= 11 is 0. The summed E-state index contributed by atoms with van der Waals surface area (Å²) in [5.74, 6) is 0.587. The number of ether oxygens (including phenoxy) is 1. The Morgan fingerprint density at radius 2 is 1.70 bits per heavy atom. The van der Waals surface area contributed by atoms with E-state index in [1.165, 1.54) is 5.56 Å². The van der Waals surface area contributed by atoms with Crippen molar-refractivity contribution < 1.29 is 17.9 Å². The van der Waals surface area contributed by atoms with Gasteiger partial charge in [0.1, 0.15) is 5.75 Å². The summed E-state index contributed by atoms with van der Waals surface area (Å²) < 4.78 is 41.9. The minimum Gasteiger partial charge on any atom is -0.494 e. The number of aliphatic imine (C=N–C) groups is 1. The normalized spacial score (nSPS) is 16.2. The van der Waals surface area contributed by atoms with E-state index in [-0.39, 0.29) is 18.4 Å². The molecule has 0 unspecified atom stereocenters. The van der Waals surface area contributed by atoms with Crippen LogP contribution in [-0.2, 0) is 6.54 Å². The van der Waals surface area contributed by atoms with Crippen LogP contribution in [0.1, 0.15) is 43.7 Å². The maximum absolute atomic E-state index is 12.2. The number of alkyl halides is 3. The van der Waals surface area contributed by atoms with Crippen molar-refractivity contribution in [3.05, 3.63) is 65.7 Å². The van der Waals surface area contributed by atoms with Crippen molar-refractivity contribution >= 4 is 5.71 Å². The molecule has 0 saturated heterocycles. The van der Waals surface area contributed by atoms with E-state index < -0.39 is 12.6 Å². The molecule has 0 aromatic heterocycles. The first-order chi connectivity index (χ1) is 12.9. The molecule has 0 aliphatic heterocycles. The van der Waals surface area contributed by atoms with Gasteiger partial charge in [-0.1, -0.05) is 37.3 Å². The van der Waals surface area contributed by atoms with E-state index in [1.807, 2.05) is 42.5 Å². The van der Waals surface area contributed by atoms with Crippen LogP contribution in [0.3, 0.4) is 0 Å². The zero-order chi connectivity index (χ0) is 19.3. The molecule has 2 nitrogen and oxygen atoms in total. The highest BCUT2D eigenvalue weighted by Crippen LogP contribution is 2.48. The summed E-state index contributed by atoms with van der Waals surface area (Å²) in [6.45, 7) is 2.92. The molecule has 0 spiro atoms. The Balaban J connectivity index is 1.64. The van der Waals surface area contributed by atoms with E-state index in [0.29, 0.717) is 12.3 Å². The van der Waals surface area contributed by atoms with Crippen molar-refractivity contribution in [1.29, 1.82) is 0 Å². The summed E-state index contributed by atoms with van der Waals surface area (Å²) in [6, 6.07) is 17.7. The molecular formula is C22H24F3NO. The van der Waals surface area contributed by atoms with Gasteiger partial charge >= 0.3 is 6.18 Å². The Kier molecular flexibility index (Phi) is 5.88. The Hall–Kier alpha value is -2.30. The fourth-order valence-electron chi connectivity index (χ4n) is 2.98. The Morgan fingerprint density at radius 3 is 2.30 bits per heavy atom. The Labute approximate surface area is 158 Å². The molecule has 1 saturated carbocycles. The van der Waals surface area contributed by atoms with E-state index >= 15 is 0 Å². The van der Waals surface area contributed by atoms with Crippen molar-refractivity contribution in [2.75, 3.05) is 6.61 Å². The highest BCUT2D eigenvalue weighted by atomic mass is 19.4. The van der Waals surface area contributed by atoms with Gasteiger partial charge < -0.3 is 4.74 Å². The van der Waals surface area contributed by atoms with Gasteiger partial charge in [0.15, 0.2) is 0 Å². The average Bonchev–Trinajstić information content (AvgIpc) is 3.38. The number of hydrogen-bond acceptors (Lipinski definition) is 2. The summed E-state index contributed by atoms with van der Waals surface area (Å²) in [7, 11) is 0. The lowest BCUT2D eigenvalue weighted by Gasteiger charge is -2.15. The standard InChI is InChI=1S/C22H24F3NO/c1-21(13-14-21)20(26-16-17-6-3-2-4-7-17)18-8-10-19(11-9-18)27-15-5-12-22(23,24)25/h2-4,6-11H,5,12-16H2,1H3. The molecule has 0 N–H and O–H groups in total. The molecule has 5 heteroatoms. The lowest BCUT2D eigenvalue weighted by Crippen LogP contribution is -2.14. The monoisotopic (exact) mass is 375 g/mol. The van der Waals surface area contributed by atoms with Gasteiger partial charge in [0, 0.05) is 17.5 Å². The van der Waals surface area contributed by atoms with Crippen LogP contribution in [-0.4, -0.2) is 18.5 Å². The fraction of sp³-hybridized carbons (Fsp3) is 0.409. The molecule has 2 aromatic carbocycles. The van der Waals surface area contributed by atoms with Crippen molar-refractivity contribution in [2.45, 2.75) is 45.3 Å². The van der Waals surface area contributed by atoms with Crippen LogP contribution in [0.15, 0.2) is 59.6 Å². The van der Waals surface area contributed by atoms with Crippen LogP contribution in [0.2, 0.25) is 0 Å². The summed E-state index contributed by atoms with van der Waals surface area (Å²) in [4.78, 5) is 4.88. The molecular weight excluding hydrogens is 351 g/mol. The quantitative estimate of drug-likeness (QED) is 0.398. The number of rotatable bonds is 8. The lowest BCUT2D eigenvalue weighted by atomic mass is 9.95. The van der Waals surface area contributed by atoms with E-state index in [4.69, 9.17) is 9.73 Å². The summed E-state index contributed by atoms with van der Waals surface area (Å²) in [5.41, 5.74) is 3.43. The molecule has 0 atom stereocenters. The first-order valence-corrected chi connectivity index (χ1v) is 9.25. The van der Waals surface area contributed by atoms with Crippen molar-refractivity contribution in [1.82, 2.24) is 0 Å². The van der Waals surface area contributed by atoms with E-state index in [9.17, 15) is 13.2 Å². The van der Waals surface area contributed by atoms with Crippen LogP contribution < -0.4 is 4.74 Å². The zero-order valence-electron chi connectivity index (χ0n) is 15.4. The van der Waals surface area contributed by atoms with E-state index in [0.717, 1.165) is 24.1 Å². The third kappa shape index (κ3) is 5.84. The van der Waals surface area contributed by atoms with Gasteiger partial charge in [0.2, 0.25) is 0 Å².